The van der Waals surface area contributed by atoms with E-state index in [2.05, 4.69) is 56.6 Å². The van der Waals surface area contributed by atoms with Crippen molar-refractivity contribution in [3.63, 3.8) is 0 Å². The number of sulfonamides is 1. The number of alkyl halides is 3. The van der Waals surface area contributed by atoms with Gasteiger partial charge in [-0.3, -0.25) is 48.8 Å². The van der Waals surface area contributed by atoms with Crippen molar-refractivity contribution in [1.29, 1.82) is 0 Å². The Morgan fingerprint density at radius 1 is 0.780 bits per heavy atom. The van der Waals surface area contributed by atoms with Gasteiger partial charge < -0.3 is 20.4 Å². The number of hydrogen-bond donors (Lipinski definition) is 4. The average molecular weight is 1330 g/mol. The molecule has 0 saturated carbocycles. The molecule has 26 heteroatoms. The lowest BCUT2D eigenvalue weighted by atomic mass is 9.73. The van der Waals surface area contributed by atoms with Crippen molar-refractivity contribution in [2.45, 2.75) is 104 Å². The van der Waals surface area contributed by atoms with Gasteiger partial charge in [0.2, 0.25) is 17.7 Å². The topological polar surface area (TPSA) is 235 Å². The number of hydrogen-bond acceptors (Lipinski definition) is 16. The van der Waals surface area contributed by atoms with E-state index in [-0.39, 0.29) is 53.0 Å². The smallest absolute Gasteiger partial charge is 0.384 e. The van der Waals surface area contributed by atoms with Crippen molar-refractivity contribution in [2.75, 3.05) is 93.3 Å². The molecule has 4 N–H and O–H groups in total. The van der Waals surface area contributed by atoms with E-state index in [0.29, 0.717) is 88.4 Å². The highest BCUT2D eigenvalue weighted by Gasteiger charge is 2.49. The van der Waals surface area contributed by atoms with Gasteiger partial charge in [-0.05, 0) is 140 Å². The molecular weight excluding hydrogens is 1260 g/mol. The number of fused-ring (bicyclic) bond motifs is 1. The van der Waals surface area contributed by atoms with E-state index in [0.717, 1.165) is 66.5 Å². The number of halogens is 4. The number of rotatable bonds is 23. The van der Waals surface area contributed by atoms with Crippen LogP contribution in [0.1, 0.15) is 108 Å². The maximum Gasteiger partial charge on any atom is 0.501 e. The zero-order valence-electron chi connectivity index (χ0n) is 50.5. The van der Waals surface area contributed by atoms with Crippen LogP contribution in [-0.2, 0) is 34.2 Å². The lowest BCUT2D eigenvalue weighted by molar-refractivity contribution is -0.136. The van der Waals surface area contributed by atoms with Crippen LogP contribution in [0.4, 0.5) is 30.2 Å². The number of carbonyl (C=O) groups excluding carboxylic acids is 6. The summed E-state index contributed by atoms with van der Waals surface area (Å²) in [6.45, 7) is 11.0. The third-order valence-electron chi connectivity index (χ3n) is 17.4. The minimum absolute atomic E-state index is 0.00198. The summed E-state index contributed by atoms with van der Waals surface area (Å²) in [4.78, 5) is 85.9. The molecule has 2 atom stereocenters. The third-order valence-corrected chi connectivity index (χ3v) is 21.7. The average Bonchev–Trinajstić information content (AvgIpc) is 1.70. The summed E-state index contributed by atoms with van der Waals surface area (Å²) in [5, 5.41) is 9.09. The summed E-state index contributed by atoms with van der Waals surface area (Å²) < 4.78 is 99.8. The number of imide groups is 2. The summed E-state index contributed by atoms with van der Waals surface area (Å²) >= 11 is 7.60. The van der Waals surface area contributed by atoms with Crippen molar-refractivity contribution < 1.29 is 58.8 Å². The first kappa shape index (κ1) is 66.6. The van der Waals surface area contributed by atoms with Crippen LogP contribution in [0.15, 0.2) is 136 Å². The maximum atomic E-state index is 14.5. The Bertz CT molecular complexity index is 3830. The maximum absolute atomic E-state index is 14.5. The third kappa shape index (κ3) is 16.0. The summed E-state index contributed by atoms with van der Waals surface area (Å²) in [5.41, 5.74) is -0.628. The van der Waals surface area contributed by atoms with E-state index in [1.807, 2.05) is 47.2 Å². The number of carbonyl (C=O) groups is 6. The second-order valence-corrected chi connectivity index (χ2v) is 29.4. The van der Waals surface area contributed by atoms with Crippen LogP contribution >= 0.6 is 23.4 Å². The van der Waals surface area contributed by atoms with Crippen molar-refractivity contribution in [3.8, 4) is 0 Å². The van der Waals surface area contributed by atoms with Gasteiger partial charge in [0.05, 0.1) is 21.7 Å². The second-order valence-electron chi connectivity index (χ2n) is 24.3. The summed E-state index contributed by atoms with van der Waals surface area (Å²) in [6.07, 6.45) is 4.73. The van der Waals surface area contributed by atoms with Gasteiger partial charge in [-0.2, -0.15) is 13.2 Å². The predicted octanol–water partition coefficient (Wildman–Crippen LogP) is 9.33. The van der Waals surface area contributed by atoms with Crippen molar-refractivity contribution >= 4 is 101 Å². The van der Waals surface area contributed by atoms with E-state index in [9.17, 15) is 58.8 Å². The zero-order chi connectivity index (χ0) is 64.8. The van der Waals surface area contributed by atoms with Gasteiger partial charge in [0, 0.05) is 123 Å². The molecule has 91 heavy (non-hydrogen) atoms. The monoisotopic (exact) mass is 1330 g/mol. The van der Waals surface area contributed by atoms with E-state index in [1.54, 1.807) is 29.2 Å². The van der Waals surface area contributed by atoms with E-state index in [4.69, 9.17) is 11.6 Å². The van der Waals surface area contributed by atoms with Crippen molar-refractivity contribution in [3.05, 3.63) is 148 Å². The highest BCUT2D eigenvalue weighted by molar-refractivity contribution is 7.99. The first-order chi connectivity index (χ1) is 43.3. The molecule has 0 radical (unpaired) electrons. The molecule has 3 fully saturated rings. The van der Waals surface area contributed by atoms with Gasteiger partial charge in [-0.15, -0.1) is 11.8 Å². The van der Waals surface area contributed by atoms with Crippen LogP contribution in [0.5, 0.6) is 0 Å². The fourth-order valence-electron chi connectivity index (χ4n) is 12.3. The second kappa shape index (κ2) is 28.3. The number of piperidine rings is 1. The Hall–Kier alpha value is -7.29. The van der Waals surface area contributed by atoms with Crippen molar-refractivity contribution in [2.24, 2.45) is 5.41 Å². The van der Waals surface area contributed by atoms with E-state index in [1.165, 1.54) is 46.7 Å². The molecule has 5 aromatic rings. The molecule has 6 amide bonds. The minimum atomic E-state index is -6.17. The molecule has 3 saturated heterocycles. The number of sulfone groups is 1. The molecule has 19 nitrogen and oxygen atoms in total. The quantitative estimate of drug-likeness (QED) is 0.0271. The molecule has 1 unspecified atom stereocenters. The first-order valence-corrected chi connectivity index (χ1v) is 34.8. The fraction of sp³-hybridized carbons (Fsp3) is 0.415. The van der Waals surface area contributed by atoms with Gasteiger partial charge >= 0.3 is 5.51 Å². The molecule has 5 aliphatic rings. The number of unbranched alkanes of at least 4 members (excludes halogenated alkanes) is 1. The number of allylic oxidation sites excluding steroid dienone is 1. The zero-order valence-corrected chi connectivity index (χ0v) is 53.7. The van der Waals surface area contributed by atoms with Crippen molar-refractivity contribution in [1.82, 2.24) is 29.6 Å². The van der Waals surface area contributed by atoms with E-state index < -0.39 is 82.5 Å². The molecule has 0 spiro atoms. The fourth-order valence-corrected chi connectivity index (χ4v) is 15.5. The van der Waals surface area contributed by atoms with Gasteiger partial charge in [0.25, 0.3) is 37.6 Å². The highest BCUT2D eigenvalue weighted by atomic mass is 35.5. The minimum Gasteiger partial charge on any atom is -0.384 e. The summed E-state index contributed by atoms with van der Waals surface area (Å²) in [5.74, 6) is -3.27. The number of nitrogens with one attached hydrogen (secondary N) is 4. The Morgan fingerprint density at radius 3 is 2.18 bits per heavy atom. The van der Waals surface area contributed by atoms with Gasteiger partial charge in [-0.1, -0.05) is 67.4 Å². The number of piperazine rings is 2. The molecule has 0 aromatic heterocycles. The Morgan fingerprint density at radius 2 is 1.48 bits per heavy atom. The first-order valence-electron chi connectivity index (χ1n) is 30.4. The van der Waals surface area contributed by atoms with Crippen LogP contribution in [0.3, 0.4) is 0 Å². The molecule has 4 aliphatic heterocycles. The van der Waals surface area contributed by atoms with Crippen LogP contribution in [0, 0.1) is 5.41 Å². The van der Waals surface area contributed by atoms with Crippen LogP contribution in [-0.4, -0.2) is 167 Å². The predicted molar refractivity (Wildman–Crippen MR) is 343 cm³/mol. The lowest BCUT2D eigenvalue weighted by Crippen LogP contribution is -2.54. The molecule has 0 bridgehead atoms. The highest BCUT2D eigenvalue weighted by Crippen LogP contribution is 2.43. The van der Waals surface area contributed by atoms with Gasteiger partial charge in [-0.25, -0.2) is 21.6 Å². The normalized spacial score (nSPS) is 18.9. The summed E-state index contributed by atoms with van der Waals surface area (Å²) in [6, 6.07) is 28.9. The molecule has 10 rings (SSSR count). The van der Waals surface area contributed by atoms with Crippen LogP contribution in [0.25, 0.3) is 5.57 Å². The number of anilines is 3. The van der Waals surface area contributed by atoms with E-state index >= 15 is 0 Å². The molecular formula is C65H73ClF3N9O10S3. The number of nitrogens with zero attached hydrogens (tertiary/aromatic N) is 5. The lowest BCUT2D eigenvalue weighted by Gasteiger charge is -2.39. The summed E-state index contributed by atoms with van der Waals surface area (Å²) in [7, 11) is -11.1. The Kier molecular flexibility index (Phi) is 20.7. The Labute approximate surface area is 537 Å². The molecule has 4 heterocycles. The molecule has 1 aliphatic carbocycles. The van der Waals surface area contributed by atoms with Crippen LogP contribution in [0.2, 0.25) is 5.02 Å². The number of benzene rings is 5. The molecule has 484 valence electrons. The standard InChI is InChI=1S/C65H73ClF3N9O10S3/c1-64(2)28-26-51(43-14-18-46(66)19-15-43)45(40-64)41-75-33-35-76(36-34-75)48-20-16-44(17-21-48)60(81)73-91(87,88)50-22-23-53(56(39-50)90(85,86)65(67,68)69)71-47(42-89-49-9-4-3-5-10-49)27-30-74-31-37-77(38-32-74)58(80)13-6-7-29-70-54-12-8-11-52-59(54)63(84)78(62(52)83)55-24-25-57(79)72-61(55)82/h3-5,8-12,14-23,39,47,55,70-71H,6-7,13,24-38,40-42H2,1-2H3,(H,73,81)(H,72,79,82)/t47-,55?/m1/s1. The van der Waals surface area contributed by atoms with Gasteiger partial charge in [0.1, 0.15) is 10.9 Å². The Balaban J connectivity index is 0.726. The molecule has 5 aromatic carbocycles. The number of thioether (sulfide) groups is 1. The van der Waals surface area contributed by atoms with Gasteiger partial charge in [0.15, 0.2) is 0 Å². The van der Waals surface area contributed by atoms with Crippen LogP contribution < -0.4 is 25.6 Å². The number of amides is 6. The largest absolute Gasteiger partial charge is 0.501 e. The SMILES string of the molecule is CC1(C)CCC(c2ccc(Cl)cc2)=C(CN2CCN(c3ccc(C(=O)NS(=O)(=O)c4ccc(N[C@H](CCN5CCN(C(=O)CCCCNc6cccc7c6C(=O)N(C6CCC(=O)NC6=O)C7=O)CC5)CSc5ccccc5)c(S(=O)(=O)C(F)(F)F)c4)cc3)CC2)C1.